The molecule has 28 heavy (non-hydrogen) atoms. The summed E-state index contributed by atoms with van der Waals surface area (Å²) < 4.78 is 2.44. The van der Waals surface area contributed by atoms with Crippen molar-refractivity contribution in [3.05, 3.63) is 29.6 Å². The Bertz CT molecular complexity index is 465. The lowest BCUT2D eigenvalue weighted by Crippen LogP contribution is -2.33. The predicted octanol–water partition coefficient (Wildman–Crippen LogP) is 8.36. The second-order valence-corrected chi connectivity index (χ2v) is 8.83. The molecule has 1 heteroatoms. The molecule has 0 radical (unpaired) electrons. The number of aromatic nitrogens is 1. The van der Waals surface area contributed by atoms with Gasteiger partial charge in [-0.25, -0.2) is 4.57 Å². The van der Waals surface area contributed by atoms with E-state index in [2.05, 4.69) is 43.8 Å². The van der Waals surface area contributed by atoms with E-state index in [9.17, 15) is 0 Å². The van der Waals surface area contributed by atoms with Gasteiger partial charge in [-0.15, -0.1) is 0 Å². The molecule has 0 saturated carbocycles. The van der Waals surface area contributed by atoms with E-state index in [1.54, 1.807) is 11.1 Å². The summed E-state index contributed by atoms with van der Waals surface area (Å²) in [5, 5.41) is 0. The summed E-state index contributed by atoms with van der Waals surface area (Å²) in [6.07, 6.45) is 29.8. The van der Waals surface area contributed by atoms with Crippen LogP contribution in [0.4, 0.5) is 0 Å². The highest BCUT2D eigenvalue weighted by atomic mass is 14.9. The molecule has 1 heterocycles. The predicted molar refractivity (Wildman–Crippen MR) is 125 cm³/mol. The van der Waals surface area contributed by atoms with E-state index in [0.29, 0.717) is 0 Å². The van der Waals surface area contributed by atoms with Crippen molar-refractivity contribution in [3.63, 3.8) is 0 Å². The lowest BCUT2D eigenvalue weighted by molar-refractivity contribution is -0.697. The average molecular weight is 389 g/mol. The maximum Gasteiger partial charge on any atom is 0.172 e. The van der Waals surface area contributed by atoms with Crippen molar-refractivity contribution in [3.8, 4) is 0 Å². The van der Waals surface area contributed by atoms with E-state index in [1.165, 1.54) is 122 Å². The summed E-state index contributed by atoms with van der Waals surface area (Å²) in [7, 11) is 0. The largest absolute Gasteiger partial charge is 0.205 e. The van der Waals surface area contributed by atoms with Gasteiger partial charge in [-0.3, -0.25) is 0 Å². The second-order valence-electron chi connectivity index (χ2n) is 8.83. The molecule has 0 aliphatic carbocycles. The minimum Gasteiger partial charge on any atom is -0.205 e. The maximum absolute atomic E-state index is 2.44. The molecule has 0 aromatic carbocycles. The number of unbranched alkanes of at least 4 members (excludes halogenated alkanes) is 13. The van der Waals surface area contributed by atoms with Gasteiger partial charge in [0.25, 0.3) is 0 Å². The minimum atomic E-state index is 1.20. The first-order valence-corrected chi connectivity index (χ1v) is 12.8. The topological polar surface area (TPSA) is 3.88 Å². The van der Waals surface area contributed by atoms with Crippen LogP contribution in [0.3, 0.4) is 0 Å². The summed E-state index contributed by atoms with van der Waals surface area (Å²) in [6, 6.07) is 2.37. The van der Waals surface area contributed by atoms with Crippen molar-refractivity contribution in [1.82, 2.24) is 0 Å². The normalized spacial score (nSPS) is 11.2. The van der Waals surface area contributed by atoms with Gasteiger partial charge in [0, 0.05) is 18.1 Å². The molecule has 0 unspecified atom stereocenters. The zero-order valence-electron chi connectivity index (χ0n) is 19.6. The van der Waals surface area contributed by atoms with Crippen LogP contribution in [0.25, 0.3) is 0 Å². The summed E-state index contributed by atoms with van der Waals surface area (Å²) >= 11 is 0. The third-order valence-electron chi connectivity index (χ3n) is 6.01. The monoisotopic (exact) mass is 388 g/mol. The summed E-state index contributed by atoms with van der Waals surface area (Å²) in [6.45, 7) is 8.07. The Morgan fingerprint density at radius 3 is 1.50 bits per heavy atom. The molecule has 1 nitrogen and oxygen atoms in total. The van der Waals surface area contributed by atoms with Crippen LogP contribution in [0, 0.1) is 0 Å². The molecular formula is C27H50N+. The molecule has 0 N–H and O–H groups in total. The molecule has 0 amide bonds. The molecule has 1 aromatic rings. The first kappa shape index (κ1) is 25.2. The molecule has 0 atom stereocenters. The van der Waals surface area contributed by atoms with Crippen LogP contribution in [0.15, 0.2) is 18.5 Å². The zero-order valence-corrected chi connectivity index (χ0v) is 19.6. The molecule has 162 valence electrons. The molecule has 1 aromatic heterocycles. The molecular weight excluding hydrogens is 338 g/mol. The molecule has 0 aliphatic rings. The van der Waals surface area contributed by atoms with E-state index in [1.807, 2.05) is 0 Å². The fourth-order valence-corrected chi connectivity index (χ4v) is 4.25. The highest BCUT2D eigenvalue weighted by Gasteiger charge is 2.08. The molecule has 0 spiro atoms. The Hall–Kier alpha value is -0.850. The summed E-state index contributed by atoms with van der Waals surface area (Å²) in [5.41, 5.74) is 3.15. The van der Waals surface area contributed by atoms with Crippen molar-refractivity contribution in [2.24, 2.45) is 0 Å². The highest BCUT2D eigenvalue weighted by molar-refractivity contribution is 5.21. The zero-order chi connectivity index (χ0) is 20.3. The van der Waals surface area contributed by atoms with Crippen molar-refractivity contribution in [1.29, 1.82) is 0 Å². The van der Waals surface area contributed by atoms with Crippen LogP contribution in [0.5, 0.6) is 0 Å². The van der Waals surface area contributed by atoms with Crippen molar-refractivity contribution < 1.29 is 4.57 Å². The van der Waals surface area contributed by atoms with Gasteiger partial charge in [0.05, 0.1) is 0 Å². The second kappa shape index (κ2) is 18.2. The molecule has 0 fully saturated rings. The number of hydrogen-bond acceptors (Lipinski definition) is 0. The SMILES string of the molecule is CCCCCCCCCCCCCCCC[n+]1ccc(CCC)c(CCC)c1. The van der Waals surface area contributed by atoms with Crippen molar-refractivity contribution >= 4 is 0 Å². The van der Waals surface area contributed by atoms with Crippen LogP contribution in [-0.4, -0.2) is 0 Å². The first-order chi connectivity index (χ1) is 13.8. The van der Waals surface area contributed by atoms with E-state index in [4.69, 9.17) is 0 Å². The van der Waals surface area contributed by atoms with Gasteiger partial charge in [-0.2, -0.15) is 0 Å². The van der Waals surface area contributed by atoms with Crippen LogP contribution in [0.2, 0.25) is 0 Å². The minimum absolute atomic E-state index is 1.20. The Labute approximate surface area is 177 Å². The van der Waals surface area contributed by atoms with Crippen molar-refractivity contribution in [2.75, 3.05) is 0 Å². The molecule has 0 saturated heterocycles. The lowest BCUT2D eigenvalue weighted by atomic mass is 10.0. The Morgan fingerprint density at radius 1 is 0.536 bits per heavy atom. The van der Waals surface area contributed by atoms with Crippen LogP contribution < -0.4 is 4.57 Å². The van der Waals surface area contributed by atoms with Crippen LogP contribution in [0.1, 0.15) is 135 Å². The van der Waals surface area contributed by atoms with Gasteiger partial charge in [-0.1, -0.05) is 111 Å². The maximum atomic E-state index is 2.44. The average Bonchev–Trinajstić information content (AvgIpc) is 2.70. The van der Waals surface area contributed by atoms with Gasteiger partial charge in [0.2, 0.25) is 0 Å². The number of aryl methyl sites for hydroxylation is 3. The quantitative estimate of drug-likeness (QED) is 0.165. The number of rotatable bonds is 19. The number of nitrogens with zero attached hydrogens (tertiary/aromatic N) is 1. The Kier molecular flexibility index (Phi) is 16.4. The highest BCUT2D eigenvalue weighted by Crippen LogP contribution is 2.14. The number of pyridine rings is 1. The number of hydrogen-bond donors (Lipinski definition) is 0. The Morgan fingerprint density at radius 2 is 1.00 bits per heavy atom. The van der Waals surface area contributed by atoms with Crippen molar-refractivity contribution in [2.45, 2.75) is 143 Å². The van der Waals surface area contributed by atoms with Crippen LogP contribution >= 0.6 is 0 Å². The van der Waals surface area contributed by atoms with Gasteiger partial charge < -0.3 is 0 Å². The summed E-state index contributed by atoms with van der Waals surface area (Å²) in [5.74, 6) is 0. The lowest BCUT2D eigenvalue weighted by Gasteiger charge is -2.07. The van der Waals surface area contributed by atoms with Crippen LogP contribution in [-0.2, 0) is 19.4 Å². The smallest absolute Gasteiger partial charge is 0.172 e. The Balaban J connectivity index is 2.00. The van der Waals surface area contributed by atoms with Gasteiger partial charge in [0.15, 0.2) is 12.4 Å². The summed E-state index contributed by atoms with van der Waals surface area (Å²) in [4.78, 5) is 0. The molecule has 0 aliphatic heterocycles. The first-order valence-electron chi connectivity index (χ1n) is 12.8. The van der Waals surface area contributed by atoms with Gasteiger partial charge >= 0.3 is 0 Å². The van der Waals surface area contributed by atoms with Gasteiger partial charge in [0.1, 0.15) is 6.54 Å². The molecule has 1 rings (SSSR count). The molecule has 0 bridgehead atoms. The van der Waals surface area contributed by atoms with E-state index in [0.717, 1.165) is 0 Å². The van der Waals surface area contributed by atoms with E-state index < -0.39 is 0 Å². The standard InChI is InChI=1S/C27H50N/c1-4-7-8-9-10-11-12-13-14-15-16-17-18-19-23-28-24-22-26(20-5-2)27(25-28)21-6-3/h22,24-25H,4-21,23H2,1-3H3/q+1. The fraction of sp³-hybridized carbons (Fsp3) is 0.815. The van der Waals surface area contributed by atoms with E-state index in [-0.39, 0.29) is 0 Å². The van der Waals surface area contributed by atoms with E-state index >= 15 is 0 Å². The van der Waals surface area contributed by atoms with Gasteiger partial charge in [-0.05, 0) is 24.8 Å². The third-order valence-corrected chi connectivity index (χ3v) is 6.01. The third kappa shape index (κ3) is 12.6. The fourth-order valence-electron chi connectivity index (χ4n) is 4.25.